The minimum Gasteiger partial charge on any atom is -0.365 e. The Labute approximate surface area is 162 Å². The largest absolute Gasteiger partial charge is 0.365 e. The summed E-state index contributed by atoms with van der Waals surface area (Å²) in [7, 11) is 0. The molecule has 0 unspecified atom stereocenters. The lowest BCUT2D eigenvalue weighted by molar-refractivity contribution is -0.194. The molecule has 9 heteroatoms. The van der Waals surface area contributed by atoms with Crippen molar-refractivity contribution in [3.63, 3.8) is 0 Å². The fourth-order valence-electron chi connectivity index (χ4n) is 4.53. The van der Waals surface area contributed by atoms with Gasteiger partial charge in [0, 0.05) is 6.04 Å². The minimum absolute atomic E-state index is 0.410. The first kappa shape index (κ1) is 18.0. The van der Waals surface area contributed by atoms with E-state index in [4.69, 9.17) is 14.2 Å². The number of carbonyl (C=O) groups is 1. The fraction of sp³-hybridized carbons (Fsp3) is 0.684. The van der Waals surface area contributed by atoms with Gasteiger partial charge in [-0.2, -0.15) is 0 Å². The van der Waals surface area contributed by atoms with Gasteiger partial charge in [-0.3, -0.25) is 4.57 Å². The number of carbonyl (C=O) groups excluding carboxylic acids is 1. The van der Waals surface area contributed by atoms with Crippen molar-refractivity contribution in [3.05, 3.63) is 12.7 Å². The molecule has 3 aliphatic rings. The highest BCUT2D eigenvalue weighted by Crippen LogP contribution is 2.43. The van der Waals surface area contributed by atoms with Gasteiger partial charge in [0.25, 0.3) is 0 Å². The molecule has 2 aromatic rings. The van der Waals surface area contributed by atoms with Gasteiger partial charge in [0.1, 0.15) is 24.6 Å². The van der Waals surface area contributed by atoms with Gasteiger partial charge in [-0.15, -0.1) is 0 Å². The maximum atomic E-state index is 11.5. The van der Waals surface area contributed by atoms with E-state index >= 15 is 0 Å². The van der Waals surface area contributed by atoms with Crippen LogP contribution in [0.1, 0.15) is 52.2 Å². The summed E-state index contributed by atoms with van der Waals surface area (Å²) in [5.74, 6) is -0.0291. The van der Waals surface area contributed by atoms with E-state index in [1.54, 1.807) is 6.33 Å². The summed E-state index contributed by atoms with van der Waals surface area (Å²) < 4.78 is 19.7. The van der Waals surface area contributed by atoms with Crippen LogP contribution in [0.4, 0.5) is 5.82 Å². The van der Waals surface area contributed by atoms with Crippen LogP contribution in [0.3, 0.4) is 0 Å². The first-order valence-electron chi connectivity index (χ1n) is 9.96. The highest BCUT2D eigenvalue weighted by molar-refractivity contribution is 5.82. The second-order valence-corrected chi connectivity index (χ2v) is 8.22. The summed E-state index contributed by atoms with van der Waals surface area (Å²) in [6.45, 7) is 3.68. The topological polar surface area (TPSA) is 100 Å². The van der Waals surface area contributed by atoms with Crippen molar-refractivity contribution in [2.45, 2.75) is 82.3 Å². The molecule has 5 rings (SSSR count). The average molecular weight is 387 g/mol. The number of ether oxygens (including phenoxy) is 3. The molecular weight excluding hydrogens is 362 g/mol. The number of aldehydes is 1. The molecule has 0 aromatic carbocycles. The third-order valence-electron chi connectivity index (χ3n) is 5.78. The van der Waals surface area contributed by atoms with Crippen molar-refractivity contribution < 1.29 is 19.0 Å². The second kappa shape index (κ2) is 6.75. The third-order valence-corrected chi connectivity index (χ3v) is 5.78. The highest BCUT2D eigenvalue weighted by atomic mass is 16.8. The first-order chi connectivity index (χ1) is 13.6. The van der Waals surface area contributed by atoms with Gasteiger partial charge in [-0.05, 0) is 26.7 Å². The van der Waals surface area contributed by atoms with Crippen molar-refractivity contribution in [1.82, 2.24) is 19.5 Å². The Morgan fingerprint density at radius 1 is 1.14 bits per heavy atom. The molecule has 4 atom stereocenters. The van der Waals surface area contributed by atoms with Crippen LogP contribution in [0, 0.1) is 0 Å². The van der Waals surface area contributed by atoms with Crippen LogP contribution in [0.15, 0.2) is 12.7 Å². The molecule has 3 fully saturated rings. The predicted molar refractivity (Wildman–Crippen MR) is 99.6 cm³/mol. The summed E-state index contributed by atoms with van der Waals surface area (Å²) in [6.07, 6.45) is 7.95. The Balaban J connectivity index is 1.46. The maximum Gasteiger partial charge on any atom is 0.167 e. The summed E-state index contributed by atoms with van der Waals surface area (Å²) in [6, 6.07) is 0.413. The molecule has 0 bridgehead atoms. The Bertz CT molecular complexity index is 878. The molecule has 150 valence electrons. The van der Waals surface area contributed by atoms with E-state index in [-0.39, 0.29) is 0 Å². The molecule has 1 aliphatic carbocycles. The van der Waals surface area contributed by atoms with Gasteiger partial charge in [0.05, 0.1) is 6.33 Å². The van der Waals surface area contributed by atoms with Gasteiger partial charge in [0.2, 0.25) is 0 Å². The zero-order valence-corrected chi connectivity index (χ0v) is 16.1. The number of rotatable bonds is 4. The predicted octanol–water partition coefficient (Wildman–Crippen LogP) is 2.19. The van der Waals surface area contributed by atoms with Gasteiger partial charge in [-0.25, -0.2) is 15.0 Å². The number of imidazole rings is 1. The van der Waals surface area contributed by atoms with Crippen LogP contribution in [-0.4, -0.2) is 55.9 Å². The van der Waals surface area contributed by atoms with Crippen molar-refractivity contribution in [3.8, 4) is 0 Å². The van der Waals surface area contributed by atoms with Crippen LogP contribution in [0.25, 0.3) is 11.2 Å². The molecule has 4 heterocycles. The molecule has 2 aromatic heterocycles. The molecular formula is C19H25N5O4. The van der Waals surface area contributed by atoms with Crippen LogP contribution in [0.5, 0.6) is 0 Å². The van der Waals surface area contributed by atoms with E-state index in [0.29, 0.717) is 17.2 Å². The lowest BCUT2D eigenvalue weighted by Gasteiger charge is -2.24. The van der Waals surface area contributed by atoms with Crippen LogP contribution in [-0.2, 0) is 19.0 Å². The average Bonchev–Trinajstić information content (AvgIpc) is 3.33. The number of fused-ring (bicyclic) bond motifs is 2. The Kier molecular flexibility index (Phi) is 4.33. The van der Waals surface area contributed by atoms with E-state index in [1.807, 2.05) is 18.4 Å². The minimum atomic E-state index is -0.766. The molecule has 0 radical (unpaired) electrons. The van der Waals surface area contributed by atoms with Crippen LogP contribution < -0.4 is 5.32 Å². The Morgan fingerprint density at radius 3 is 2.71 bits per heavy atom. The molecule has 9 nitrogen and oxygen atoms in total. The zero-order valence-electron chi connectivity index (χ0n) is 16.1. The fourth-order valence-corrected chi connectivity index (χ4v) is 4.53. The van der Waals surface area contributed by atoms with E-state index in [2.05, 4.69) is 20.3 Å². The van der Waals surface area contributed by atoms with Crippen molar-refractivity contribution >= 4 is 23.3 Å². The second-order valence-electron chi connectivity index (χ2n) is 8.22. The smallest absolute Gasteiger partial charge is 0.167 e. The summed E-state index contributed by atoms with van der Waals surface area (Å²) in [4.78, 5) is 24.9. The Morgan fingerprint density at radius 2 is 1.93 bits per heavy atom. The number of aromatic nitrogens is 4. The Hall–Kier alpha value is -2.10. The summed E-state index contributed by atoms with van der Waals surface area (Å²) in [5.41, 5.74) is 1.35. The van der Waals surface area contributed by atoms with Crippen LogP contribution >= 0.6 is 0 Å². The molecule has 28 heavy (non-hydrogen) atoms. The monoisotopic (exact) mass is 387 g/mol. The van der Waals surface area contributed by atoms with Crippen LogP contribution in [0.2, 0.25) is 0 Å². The first-order valence-corrected chi connectivity index (χ1v) is 9.96. The number of nitrogens with one attached hydrogen (secondary N) is 1. The summed E-state index contributed by atoms with van der Waals surface area (Å²) >= 11 is 0. The van der Waals surface area contributed by atoms with Crippen molar-refractivity contribution in [2.24, 2.45) is 0 Å². The lowest BCUT2D eigenvalue weighted by atomic mass is 9.95. The molecule has 0 amide bonds. The van der Waals surface area contributed by atoms with Gasteiger partial charge < -0.3 is 24.3 Å². The normalized spacial score (nSPS) is 32.5. The number of nitrogens with zero attached hydrogens (tertiary/aromatic N) is 4. The lowest BCUT2D eigenvalue weighted by Crippen LogP contribution is -2.30. The standard InChI is InChI=1S/C19H25N5O4/c1-19(2)27-14-12(8-25)26-18(15(14)28-19)24-10-22-13-16(20-9-21-17(13)24)23-11-6-4-3-5-7-11/h8-12,14-15,18H,3-7H2,1-2H3,(H,20,21,23)/t12-,14-,15+,18+/m0/s1. The molecule has 1 saturated carbocycles. The van der Waals surface area contributed by atoms with Crippen molar-refractivity contribution in [2.75, 3.05) is 5.32 Å². The van der Waals surface area contributed by atoms with Gasteiger partial charge in [-0.1, -0.05) is 19.3 Å². The number of hydrogen-bond donors (Lipinski definition) is 1. The van der Waals surface area contributed by atoms with E-state index in [1.165, 1.54) is 25.6 Å². The SMILES string of the molecule is CC1(C)O[C@@H]2[C@@H](O1)[C@H](n1cnc3c(NC4CCCCC4)ncnc31)O[C@H]2C=O. The van der Waals surface area contributed by atoms with Gasteiger partial charge >= 0.3 is 0 Å². The molecule has 2 saturated heterocycles. The molecule has 2 aliphatic heterocycles. The number of anilines is 1. The van der Waals surface area contributed by atoms with E-state index in [9.17, 15) is 4.79 Å². The number of hydrogen-bond acceptors (Lipinski definition) is 8. The van der Waals surface area contributed by atoms with Crippen molar-refractivity contribution in [1.29, 1.82) is 0 Å². The van der Waals surface area contributed by atoms with E-state index in [0.717, 1.165) is 24.9 Å². The van der Waals surface area contributed by atoms with Gasteiger partial charge in [0.15, 0.2) is 35.3 Å². The highest BCUT2D eigenvalue weighted by Gasteiger charge is 2.56. The molecule has 0 spiro atoms. The third kappa shape index (κ3) is 2.98. The summed E-state index contributed by atoms with van der Waals surface area (Å²) in [5, 5.41) is 3.53. The quantitative estimate of drug-likeness (QED) is 0.797. The maximum absolute atomic E-state index is 11.5. The zero-order chi connectivity index (χ0) is 19.3. The van der Waals surface area contributed by atoms with E-state index < -0.39 is 30.3 Å². The molecule has 1 N–H and O–H groups in total.